The molecule has 2 N–H and O–H groups in total. The number of hydrogen-bond donors (Lipinski definition) is 1. The van der Waals surface area contributed by atoms with Crippen LogP contribution >= 0.6 is 28.3 Å². The number of benzene rings is 1. The van der Waals surface area contributed by atoms with Gasteiger partial charge in [0.2, 0.25) is 0 Å². The van der Waals surface area contributed by atoms with E-state index in [2.05, 4.69) is 15.9 Å². The molecule has 0 fully saturated rings. The highest BCUT2D eigenvalue weighted by Gasteiger charge is 1.87. The maximum Gasteiger partial charge on any atom is 0.0317 e. The van der Waals surface area contributed by atoms with Crippen LogP contribution in [0.15, 0.2) is 24.3 Å². The summed E-state index contributed by atoms with van der Waals surface area (Å²) in [6.07, 6.45) is 0. The smallest absolute Gasteiger partial charge is 0.0317 e. The first-order valence-corrected chi connectivity index (χ1v) is 3.85. The summed E-state index contributed by atoms with van der Waals surface area (Å²) in [5.74, 6) is 0. The Morgan fingerprint density at radius 1 is 1.40 bits per heavy atom. The Hall–Kier alpha value is -0.210. The highest BCUT2D eigenvalue weighted by Crippen LogP contribution is 2.08. The zero-order chi connectivity index (χ0) is 6.69. The second-order valence-corrected chi connectivity index (χ2v) is 2.44. The van der Waals surface area contributed by atoms with E-state index < -0.39 is 0 Å². The van der Waals surface area contributed by atoms with Gasteiger partial charge in [-0.05, 0) is 17.7 Å². The maximum absolute atomic E-state index is 5.51. The average molecular weight is 223 g/mol. The molecular formula is C7H9BrClN. The van der Waals surface area contributed by atoms with Crippen LogP contribution < -0.4 is 5.73 Å². The molecule has 0 bridgehead atoms. The van der Waals surface area contributed by atoms with Crippen molar-refractivity contribution in [1.29, 1.82) is 0 Å². The number of anilines is 1. The molecular weight excluding hydrogens is 213 g/mol. The van der Waals surface area contributed by atoms with Crippen molar-refractivity contribution in [3.8, 4) is 0 Å². The van der Waals surface area contributed by atoms with E-state index in [0.29, 0.717) is 0 Å². The number of halogens is 2. The van der Waals surface area contributed by atoms with Crippen LogP contribution in [0.2, 0.25) is 0 Å². The molecule has 1 rings (SSSR count). The van der Waals surface area contributed by atoms with E-state index in [1.54, 1.807) is 0 Å². The van der Waals surface area contributed by atoms with Crippen molar-refractivity contribution in [2.75, 3.05) is 5.73 Å². The fourth-order valence-electron chi connectivity index (χ4n) is 0.676. The summed E-state index contributed by atoms with van der Waals surface area (Å²) in [4.78, 5) is 0. The second-order valence-electron chi connectivity index (χ2n) is 1.88. The number of nitrogen functional groups attached to an aromatic ring is 1. The molecule has 0 saturated carbocycles. The first kappa shape index (κ1) is 9.79. The third-order valence-electron chi connectivity index (χ3n) is 1.11. The van der Waals surface area contributed by atoms with Crippen LogP contribution in [0.25, 0.3) is 0 Å². The molecule has 0 heterocycles. The van der Waals surface area contributed by atoms with Gasteiger partial charge in [0.15, 0.2) is 0 Å². The van der Waals surface area contributed by atoms with Crippen molar-refractivity contribution in [2.45, 2.75) is 5.33 Å². The Bertz CT molecular complexity index is 203. The van der Waals surface area contributed by atoms with Crippen LogP contribution in [0.4, 0.5) is 5.69 Å². The lowest BCUT2D eigenvalue weighted by Crippen LogP contribution is -1.84. The second kappa shape index (κ2) is 4.58. The van der Waals surface area contributed by atoms with Crippen LogP contribution in [-0.4, -0.2) is 0 Å². The highest BCUT2D eigenvalue weighted by molar-refractivity contribution is 9.08. The van der Waals surface area contributed by atoms with Gasteiger partial charge in [-0.3, -0.25) is 0 Å². The third kappa shape index (κ3) is 2.58. The van der Waals surface area contributed by atoms with Crippen LogP contribution in [0.1, 0.15) is 5.56 Å². The summed E-state index contributed by atoms with van der Waals surface area (Å²) in [5.41, 5.74) is 7.56. The molecule has 0 aliphatic carbocycles. The Morgan fingerprint density at radius 3 is 2.50 bits per heavy atom. The predicted octanol–water partition coefficient (Wildman–Crippen LogP) is 2.59. The van der Waals surface area contributed by atoms with Crippen molar-refractivity contribution in [2.24, 2.45) is 0 Å². The van der Waals surface area contributed by atoms with Crippen molar-refractivity contribution in [3.05, 3.63) is 29.8 Å². The van der Waals surface area contributed by atoms with Crippen molar-refractivity contribution in [1.82, 2.24) is 0 Å². The molecule has 56 valence electrons. The van der Waals surface area contributed by atoms with E-state index in [1.807, 2.05) is 24.3 Å². The van der Waals surface area contributed by atoms with Gasteiger partial charge in [0.1, 0.15) is 0 Å². The van der Waals surface area contributed by atoms with Crippen LogP contribution in [0.5, 0.6) is 0 Å². The zero-order valence-electron chi connectivity index (χ0n) is 5.38. The summed E-state index contributed by atoms with van der Waals surface area (Å²) >= 11 is 3.34. The average Bonchev–Trinajstić information content (AvgIpc) is 1.88. The minimum atomic E-state index is 0. The van der Waals surface area contributed by atoms with Gasteiger partial charge >= 0.3 is 0 Å². The number of rotatable bonds is 1. The number of alkyl halides is 1. The first-order chi connectivity index (χ1) is 4.33. The summed E-state index contributed by atoms with van der Waals surface area (Å²) in [7, 11) is 0. The topological polar surface area (TPSA) is 26.0 Å². The van der Waals surface area contributed by atoms with Gasteiger partial charge in [-0.1, -0.05) is 28.1 Å². The van der Waals surface area contributed by atoms with Gasteiger partial charge in [-0.2, -0.15) is 0 Å². The molecule has 1 aromatic rings. The SMILES string of the molecule is Cl.Nc1cccc(CBr)c1. The number of nitrogens with two attached hydrogens (primary N) is 1. The summed E-state index contributed by atoms with van der Waals surface area (Å²) in [6, 6.07) is 7.82. The molecule has 0 spiro atoms. The monoisotopic (exact) mass is 221 g/mol. The van der Waals surface area contributed by atoms with E-state index >= 15 is 0 Å². The first-order valence-electron chi connectivity index (χ1n) is 2.73. The van der Waals surface area contributed by atoms with Gasteiger partial charge in [0, 0.05) is 11.0 Å². The molecule has 10 heavy (non-hydrogen) atoms. The van der Waals surface area contributed by atoms with Gasteiger partial charge in [0.25, 0.3) is 0 Å². The maximum atomic E-state index is 5.51. The van der Waals surface area contributed by atoms with Gasteiger partial charge in [0.05, 0.1) is 0 Å². The minimum absolute atomic E-state index is 0. The van der Waals surface area contributed by atoms with E-state index in [4.69, 9.17) is 5.73 Å². The fourth-order valence-corrected chi connectivity index (χ4v) is 1.03. The largest absolute Gasteiger partial charge is 0.399 e. The third-order valence-corrected chi connectivity index (χ3v) is 1.75. The quantitative estimate of drug-likeness (QED) is 0.574. The standard InChI is InChI=1S/C7H8BrN.ClH/c8-5-6-2-1-3-7(9)4-6;/h1-4H,5,9H2;1H. The molecule has 0 aliphatic rings. The Labute approximate surface area is 75.2 Å². The molecule has 0 radical (unpaired) electrons. The predicted molar refractivity (Wildman–Crippen MR) is 50.7 cm³/mol. The van der Waals surface area contributed by atoms with E-state index in [1.165, 1.54) is 5.56 Å². The van der Waals surface area contributed by atoms with Crippen LogP contribution in [0.3, 0.4) is 0 Å². The zero-order valence-corrected chi connectivity index (χ0v) is 7.78. The molecule has 0 aliphatic heterocycles. The molecule has 1 aromatic carbocycles. The molecule has 1 nitrogen and oxygen atoms in total. The lowest BCUT2D eigenvalue weighted by Gasteiger charge is -1.94. The van der Waals surface area contributed by atoms with Gasteiger partial charge in [-0.15, -0.1) is 12.4 Å². The van der Waals surface area contributed by atoms with E-state index in [0.717, 1.165) is 11.0 Å². The lowest BCUT2D eigenvalue weighted by molar-refractivity contribution is 1.44. The summed E-state index contributed by atoms with van der Waals surface area (Å²) in [6.45, 7) is 0. The van der Waals surface area contributed by atoms with Crippen molar-refractivity contribution >= 4 is 34.0 Å². The van der Waals surface area contributed by atoms with Crippen molar-refractivity contribution in [3.63, 3.8) is 0 Å². The molecule has 0 amide bonds. The lowest BCUT2D eigenvalue weighted by atomic mass is 10.2. The van der Waals surface area contributed by atoms with E-state index in [9.17, 15) is 0 Å². The van der Waals surface area contributed by atoms with Crippen LogP contribution in [-0.2, 0) is 5.33 Å². The molecule has 0 saturated heterocycles. The van der Waals surface area contributed by atoms with Crippen LogP contribution in [0, 0.1) is 0 Å². The molecule has 0 aromatic heterocycles. The highest BCUT2D eigenvalue weighted by atomic mass is 79.9. The molecule has 0 unspecified atom stereocenters. The Balaban J connectivity index is 0.000000810. The van der Waals surface area contributed by atoms with Crippen molar-refractivity contribution < 1.29 is 0 Å². The molecule has 0 atom stereocenters. The normalized spacial score (nSPS) is 8.50. The minimum Gasteiger partial charge on any atom is -0.399 e. The summed E-state index contributed by atoms with van der Waals surface area (Å²) in [5, 5.41) is 0.873. The fraction of sp³-hybridized carbons (Fsp3) is 0.143. The molecule has 3 heteroatoms. The van der Waals surface area contributed by atoms with E-state index in [-0.39, 0.29) is 12.4 Å². The number of hydrogen-bond acceptors (Lipinski definition) is 1. The van der Waals surface area contributed by atoms with Gasteiger partial charge in [-0.25, -0.2) is 0 Å². The Morgan fingerprint density at radius 2 is 2.10 bits per heavy atom. The van der Waals surface area contributed by atoms with Gasteiger partial charge < -0.3 is 5.73 Å². The Kier molecular flexibility index (Phi) is 4.49. The summed E-state index contributed by atoms with van der Waals surface area (Å²) < 4.78 is 0.